The fraction of sp³-hybridized carbons (Fsp3) is 0.364. The molecule has 2 aliphatic carbocycles. The molecule has 2 aromatic rings. The van der Waals surface area contributed by atoms with Crippen molar-refractivity contribution in [2.45, 2.75) is 37.3 Å². The van der Waals surface area contributed by atoms with E-state index in [0.29, 0.717) is 16.6 Å². The highest BCUT2D eigenvalue weighted by molar-refractivity contribution is 6.42. The van der Waals surface area contributed by atoms with Gasteiger partial charge < -0.3 is 5.11 Å². The molecule has 27 heavy (non-hydrogen) atoms. The number of aliphatic hydroxyl groups is 1. The molecule has 1 fully saturated rings. The average Bonchev–Trinajstić information content (AvgIpc) is 3.35. The highest BCUT2D eigenvalue weighted by Gasteiger charge is 2.54. The van der Waals surface area contributed by atoms with E-state index in [2.05, 4.69) is 17.0 Å². The molecule has 5 heteroatoms. The van der Waals surface area contributed by atoms with Gasteiger partial charge in [-0.1, -0.05) is 46.9 Å². The minimum Gasteiger partial charge on any atom is -0.387 e. The van der Waals surface area contributed by atoms with Crippen molar-refractivity contribution < 1.29 is 5.11 Å². The normalized spacial score (nSPS) is 21.3. The second-order valence-corrected chi connectivity index (χ2v) is 9.10. The van der Waals surface area contributed by atoms with E-state index in [0.717, 1.165) is 30.0 Å². The standard InChI is InChI=1S/C22H20Cl3NO/c23-15-3-1-13-9-18-16(17(13)11-15)5-8-26(22(18)6-7-22)12-21(27)14-2-4-19(24)20(25)10-14/h1-4,10-11,21,27H,5-9,12H2. The van der Waals surface area contributed by atoms with Crippen LogP contribution in [0.25, 0.3) is 5.57 Å². The van der Waals surface area contributed by atoms with Gasteiger partial charge in [0.2, 0.25) is 0 Å². The van der Waals surface area contributed by atoms with Gasteiger partial charge in [0.05, 0.1) is 16.1 Å². The Morgan fingerprint density at radius 1 is 1.04 bits per heavy atom. The number of rotatable bonds is 3. The minimum absolute atomic E-state index is 0.121. The Kier molecular flexibility index (Phi) is 4.34. The Morgan fingerprint density at radius 3 is 2.59 bits per heavy atom. The van der Waals surface area contributed by atoms with Crippen LogP contribution in [-0.4, -0.2) is 28.6 Å². The van der Waals surface area contributed by atoms with Crippen LogP contribution in [0.3, 0.4) is 0 Å². The topological polar surface area (TPSA) is 23.5 Å². The largest absolute Gasteiger partial charge is 0.387 e. The molecule has 5 rings (SSSR count). The van der Waals surface area contributed by atoms with Gasteiger partial charge in [0.1, 0.15) is 0 Å². The highest BCUT2D eigenvalue weighted by atomic mass is 35.5. The number of fused-ring (bicyclic) bond motifs is 3. The monoisotopic (exact) mass is 419 g/mol. The van der Waals surface area contributed by atoms with Crippen LogP contribution in [0.4, 0.5) is 0 Å². The summed E-state index contributed by atoms with van der Waals surface area (Å²) in [5.74, 6) is 0. The number of β-amino-alcohol motifs (C(OH)–C–C–N with tert-alkyl or cyclic N) is 1. The summed E-state index contributed by atoms with van der Waals surface area (Å²) in [5.41, 5.74) is 6.71. The molecule has 140 valence electrons. The molecule has 1 heterocycles. The third kappa shape index (κ3) is 2.94. The molecule has 1 aliphatic heterocycles. The summed E-state index contributed by atoms with van der Waals surface area (Å²) in [7, 11) is 0. The molecule has 0 bridgehead atoms. The zero-order valence-electron chi connectivity index (χ0n) is 14.8. The molecule has 2 aromatic carbocycles. The number of benzene rings is 2. The zero-order chi connectivity index (χ0) is 18.8. The summed E-state index contributed by atoms with van der Waals surface area (Å²) in [5, 5.41) is 12.6. The Labute approximate surface area is 174 Å². The van der Waals surface area contributed by atoms with Crippen LogP contribution in [0.15, 0.2) is 42.0 Å². The van der Waals surface area contributed by atoms with E-state index in [1.54, 1.807) is 17.7 Å². The zero-order valence-corrected chi connectivity index (χ0v) is 17.1. The maximum absolute atomic E-state index is 10.8. The third-order valence-electron chi connectivity index (χ3n) is 6.37. The third-order valence-corrected chi connectivity index (χ3v) is 7.35. The van der Waals surface area contributed by atoms with Crippen LogP contribution < -0.4 is 0 Å². The van der Waals surface area contributed by atoms with Gasteiger partial charge in [0.15, 0.2) is 0 Å². The van der Waals surface area contributed by atoms with Gasteiger partial charge in [-0.25, -0.2) is 0 Å². The van der Waals surface area contributed by atoms with Crippen molar-refractivity contribution >= 4 is 40.4 Å². The second kappa shape index (κ2) is 6.50. The van der Waals surface area contributed by atoms with Gasteiger partial charge in [0.25, 0.3) is 0 Å². The minimum atomic E-state index is -0.572. The van der Waals surface area contributed by atoms with Gasteiger partial charge >= 0.3 is 0 Å². The van der Waals surface area contributed by atoms with Gasteiger partial charge in [-0.2, -0.15) is 0 Å². The van der Waals surface area contributed by atoms with Crippen LogP contribution in [0.2, 0.25) is 15.1 Å². The smallest absolute Gasteiger partial charge is 0.0917 e. The fourth-order valence-corrected chi connectivity index (χ4v) is 5.34. The van der Waals surface area contributed by atoms with Crippen molar-refractivity contribution in [2.75, 3.05) is 13.1 Å². The van der Waals surface area contributed by atoms with Crippen LogP contribution in [0, 0.1) is 0 Å². The summed E-state index contributed by atoms with van der Waals surface area (Å²) in [6.07, 6.45) is 3.79. The lowest BCUT2D eigenvalue weighted by atomic mass is 9.90. The lowest BCUT2D eigenvalue weighted by Crippen LogP contribution is -2.45. The molecule has 1 saturated carbocycles. The number of aliphatic hydroxyl groups excluding tert-OH is 1. The molecule has 3 aliphatic rings. The summed E-state index contributed by atoms with van der Waals surface area (Å²) < 4.78 is 0. The Balaban J connectivity index is 1.41. The Bertz CT molecular complexity index is 964. The van der Waals surface area contributed by atoms with E-state index >= 15 is 0 Å². The van der Waals surface area contributed by atoms with Crippen molar-refractivity contribution in [2.24, 2.45) is 0 Å². The van der Waals surface area contributed by atoms with Gasteiger partial charge in [0, 0.05) is 23.7 Å². The van der Waals surface area contributed by atoms with Crippen molar-refractivity contribution in [1.82, 2.24) is 4.90 Å². The summed E-state index contributed by atoms with van der Waals surface area (Å²) in [4.78, 5) is 2.48. The van der Waals surface area contributed by atoms with Crippen molar-refractivity contribution in [1.29, 1.82) is 0 Å². The number of halogens is 3. The lowest BCUT2D eigenvalue weighted by molar-refractivity contribution is 0.0859. The van der Waals surface area contributed by atoms with E-state index in [-0.39, 0.29) is 5.54 Å². The summed E-state index contributed by atoms with van der Waals surface area (Å²) in [6, 6.07) is 11.7. The predicted molar refractivity (Wildman–Crippen MR) is 112 cm³/mol. The second-order valence-electron chi connectivity index (χ2n) is 7.85. The molecule has 1 N–H and O–H groups in total. The van der Waals surface area contributed by atoms with Crippen LogP contribution >= 0.6 is 34.8 Å². The van der Waals surface area contributed by atoms with E-state index in [9.17, 15) is 5.11 Å². The first-order chi connectivity index (χ1) is 13.0. The maximum atomic E-state index is 10.8. The summed E-state index contributed by atoms with van der Waals surface area (Å²) in [6.45, 7) is 1.58. The molecule has 0 saturated heterocycles. The Hall–Kier alpha value is -1.03. The van der Waals surface area contributed by atoms with E-state index in [4.69, 9.17) is 34.8 Å². The molecule has 1 unspecified atom stereocenters. The van der Waals surface area contributed by atoms with Crippen LogP contribution in [0.1, 0.15) is 42.1 Å². The Morgan fingerprint density at radius 2 is 1.85 bits per heavy atom. The van der Waals surface area contributed by atoms with Crippen molar-refractivity contribution in [3.63, 3.8) is 0 Å². The quantitative estimate of drug-likeness (QED) is 0.665. The first kappa shape index (κ1) is 18.0. The first-order valence-corrected chi connectivity index (χ1v) is 10.5. The molecule has 1 spiro atoms. The fourth-order valence-electron chi connectivity index (χ4n) is 4.86. The SMILES string of the molecule is OC(CN1CCC2=C(Cc3ccc(Cl)cc32)C12CC2)c1ccc(Cl)c(Cl)c1. The lowest BCUT2D eigenvalue weighted by Gasteiger charge is -2.39. The van der Waals surface area contributed by atoms with Gasteiger partial charge in [-0.3, -0.25) is 4.90 Å². The van der Waals surface area contributed by atoms with E-state index in [1.165, 1.54) is 29.5 Å². The highest BCUT2D eigenvalue weighted by Crippen LogP contribution is 2.57. The van der Waals surface area contributed by atoms with Crippen LogP contribution in [-0.2, 0) is 6.42 Å². The van der Waals surface area contributed by atoms with Crippen molar-refractivity contribution in [3.05, 3.63) is 73.7 Å². The predicted octanol–water partition coefficient (Wildman–Crippen LogP) is 5.93. The van der Waals surface area contributed by atoms with Crippen molar-refractivity contribution in [3.8, 4) is 0 Å². The van der Waals surface area contributed by atoms with E-state index < -0.39 is 6.10 Å². The van der Waals surface area contributed by atoms with Gasteiger partial charge in [-0.15, -0.1) is 0 Å². The molecular formula is C22H20Cl3NO. The number of hydrogen-bond donors (Lipinski definition) is 1. The van der Waals surface area contributed by atoms with E-state index in [1.807, 2.05) is 12.1 Å². The number of hydrogen-bond acceptors (Lipinski definition) is 2. The molecule has 1 atom stereocenters. The molecule has 0 radical (unpaired) electrons. The maximum Gasteiger partial charge on any atom is 0.0917 e. The average molecular weight is 421 g/mol. The van der Waals surface area contributed by atoms with Gasteiger partial charge in [-0.05, 0) is 77.8 Å². The number of nitrogens with zero attached hydrogens (tertiary/aromatic N) is 1. The summed E-state index contributed by atoms with van der Waals surface area (Å²) >= 11 is 18.4. The molecule has 0 aromatic heterocycles. The first-order valence-electron chi connectivity index (χ1n) is 9.37. The van der Waals surface area contributed by atoms with Crippen LogP contribution in [0.5, 0.6) is 0 Å². The molecule has 2 nitrogen and oxygen atoms in total. The molecular weight excluding hydrogens is 401 g/mol. The molecule has 0 amide bonds.